The Morgan fingerprint density at radius 2 is 1.75 bits per heavy atom. The van der Waals surface area contributed by atoms with Gasteiger partial charge in [-0.3, -0.25) is 4.79 Å². The van der Waals surface area contributed by atoms with Crippen LogP contribution >= 0.6 is 0 Å². The van der Waals surface area contributed by atoms with E-state index < -0.39 is 5.92 Å². The van der Waals surface area contributed by atoms with Crippen LogP contribution < -0.4 is 0 Å². The number of hydrogen-bond acceptors (Lipinski definition) is 3. The van der Waals surface area contributed by atoms with Gasteiger partial charge in [0, 0.05) is 0 Å². The summed E-state index contributed by atoms with van der Waals surface area (Å²) in [6.07, 6.45) is 6.98. The molecular weight excluding hydrogens is 252 g/mol. The quantitative estimate of drug-likeness (QED) is 0.525. The van der Waals surface area contributed by atoms with Crippen LogP contribution in [0.15, 0.2) is 30.3 Å². The highest BCUT2D eigenvalue weighted by Gasteiger charge is 2.20. The summed E-state index contributed by atoms with van der Waals surface area (Å²) in [7, 11) is 0. The normalized spacial score (nSPS) is 12.1. The molecule has 0 aliphatic carbocycles. The Balaban J connectivity index is 2.24. The molecule has 0 saturated heterocycles. The van der Waals surface area contributed by atoms with Crippen LogP contribution in [0.4, 0.5) is 0 Å². The summed E-state index contributed by atoms with van der Waals surface area (Å²) in [6, 6.07) is 9.29. The molecule has 0 saturated carbocycles. The molecule has 0 radical (unpaired) electrons. The Kier molecular flexibility index (Phi) is 8.72. The van der Waals surface area contributed by atoms with Gasteiger partial charge in [-0.15, -0.1) is 0 Å². The van der Waals surface area contributed by atoms with Crippen molar-refractivity contribution in [3.8, 4) is 0 Å². The molecule has 0 amide bonds. The molecule has 1 unspecified atom stereocenters. The number of carbonyl (C=O) groups is 1. The third kappa shape index (κ3) is 6.20. The summed E-state index contributed by atoms with van der Waals surface area (Å²) in [5.74, 6) is -0.886. The van der Waals surface area contributed by atoms with Gasteiger partial charge in [-0.05, 0) is 12.0 Å². The minimum absolute atomic E-state index is 0.209. The number of aliphatic hydroxyl groups is 1. The molecule has 0 aliphatic rings. The number of unbranched alkanes of at least 4 members (excludes halogenated alkanes) is 5. The molecule has 0 fully saturated rings. The number of hydrogen-bond donors (Lipinski definition) is 1. The van der Waals surface area contributed by atoms with Gasteiger partial charge < -0.3 is 9.84 Å². The summed E-state index contributed by atoms with van der Waals surface area (Å²) < 4.78 is 5.26. The highest BCUT2D eigenvalue weighted by molar-refractivity contribution is 5.78. The SMILES string of the molecule is CCCCCCCCOC(=O)C(CO)c1ccccc1. The Hall–Kier alpha value is -1.35. The van der Waals surface area contributed by atoms with Crippen LogP contribution in [0.2, 0.25) is 0 Å². The molecule has 1 atom stereocenters. The van der Waals surface area contributed by atoms with E-state index in [0.717, 1.165) is 18.4 Å². The Morgan fingerprint density at radius 3 is 2.40 bits per heavy atom. The average Bonchev–Trinajstić information content (AvgIpc) is 2.48. The van der Waals surface area contributed by atoms with Crippen molar-refractivity contribution < 1.29 is 14.6 Å². The molecule has 1 aromatic carbocycles. The maximum absolute atomic E-state index is 11.9. The van der Waals surface area contributed by atoms with E-state index in [1.807, 2.05) is 30.3 Å². The van der Waals surface area contributed by atoms with Crippen molar-refractivity contribution in [1.82, 2.24) is 0 Å². The van der Waals surface area contributed by atoms with Crippen LogP contribution in [0.3, 0.4) is 0 Å². The summed E-state index contributed by atoms with van der Waals surface area (Å²) >= 11 is 0. The van der Waals surface area contributed by atoms with Crippen molar-refractivity contribution in [2.24, 2.45) is 0 Å². The molecule has 0 heterocycles. The average molecular weight is 278 g/mol. The first-order valence-corrected chi connectivity index (χ1v) is 7.62. The minimum atomic E-state index is -0.559. The van der Waals surface area contributed by atoms with Crippen molar-refractivity contribution in [1.29, 1.82) is 0 Å². The lowest BCUT2D eigenvalue weighted by atomic mass is 10.0. The number of ether oxygens (including phenoxy) is 1. The van der Waals surface area contributed by atoms with Gasteiger partial charge in [-0.25, -0.2) is 0 Å². The fraction of sp³-hybridized carbons (Fsp3) is 0.588. The Labute approximate surface area is 122 Å². The van der Waals surface area contributed by atoms with Crippen LogP contribution in [0, 0.1) is 0 Å². The van der Waals surface area contributed by atoms with Gasteiger partial charge in [0.15, 0.2) is 0 Å². The van der Waals surface area contributed by atoms with E-state index in [2.05, 4.69) is 6.92 Å². The maximum atomic E-state index is 11.9. The van der Waals surface area contributed by atoms with E-state index >= 15 is 0 Å². The number of aliphatic hydroxyl groups excluding tert-OH is 1. The zero-order valence-electron chi connectivity index (χ0n) is 12.4. The van der Waals surface area contributed by atoms with Gasteiger partial charge in [-0.2, -0.15) is 0 Å². The van der Waals surface area contributed by atoms with Crippen molar-refractivity contribution in [3.63, 3.8) is 0 Å². The molecule has 1 N–H and O–H groups in total. The van der Waals surface area contributed by atoms with Gasteiger partial charge in [-0.1, -0.05) is 69.4 Å². The zero-order valence-corrected chi connectivity index (χ0v) is 12.4. The third-order valence-electron chi connectivity index (χ3n) is 3.41. The van der Waals surface area contributed by atoms with Crippen molar-refractivity contribution in [2.45, 2.75) is 51.4 Å². The fourth-order valence-electron chi connectivity index (χ4n) is 2.16. The lowest BCUT2D eigenvalue weighted by Gasteiger charge is -2.13. The summed E-state index contributed by atoms with van der Waals surface area (Å²) in [4.78, 5) is 11.9. The summed E-state index contributed by atoms with van der Waals surface area (Å²) in [5.41, 5.74) is 0.808. The van der Waals surface area contributed by atoms with Crippen molar-refractivity contribution in [3.05, 3.63) is 35.9 Å². The zero-order chi connectivity index (χ0) is 14.6. The molecule has 0 spiro atoms. The van der Waals surface area contributed by atoms with Gasteiger partial charge in [0.1, 0.15) is 5.92 Å². The molecule has 3 heteroatoms. The maximum Gasteiger partial charge on any atom is 0.315 e. The molecule has 0 aromatic heterocycles. The van der Waals surface area contributed by atoms with E-state index in [1.54, 1.807) is 0 Å². The molecule has 1 rings (SSSR count). The van der Waals surface area contributed by atoms with Gasteiger partial charge >= 0.3 is 5.97 Å². The molecule has 0 aliphatic heterocycles. The van der Waals surface area contributed by atoms with Gasteiger partial charge in [0.05, 0.1) is 13.2 Å². The van der Waals surface area contributed by atoms with Gasteiger partial charge in [0.2, 0.25) is 0 Å². The highest BCUT2D eigenvalue weighted by atomic mass is 16.5. The largest absolute Gasteiger partial charge is 0.465 e. The lowest BCUT2D eigenvalue weighted by molar-refractivity contribution is -0.146. The summed E-state index contributed by atoms with van der Waals surface area (Å²) in [6.45, 7) is 2.44. The predicted octanol–water partition coefficient (Wildman–Crippen LogP) is 3.67. The predicted molar refractivity (Wildman–Crippen MR) is 80.6 cm³/mol. The fourth-order valence-corrected chi connectivity index (χ4v) is 2.16. The second-order valence-corrected chi connectivity index (χ2v) is 5.08. The van der Waals surface area contributed by atoms with Crippen LogP contribution in [0.25, 0.3) is 0 Å². The standard InChI is InChI=1S/C17H26O3/c1-2-3-4-5-6-10-13-20-17(19)16(14-18)15-11-8-7-9-12-15/h7-9,11-12,16,18H,2-6,10,13-14H2,1H3. The van der Waals surface area contributed by atoms with Crippen molar-refractivity contribution in [2.75, 3.05) is 13.2 Å². The monoisotopic (exact) mass is 278 g/mol. The smallest absolute Gasteiger partial charge is 0.315 e. The van der Waals surface area contributed by atoms with Crippen LogP contribution in [0.1, 0.15) is 56.9 Å². The highest BCUT2D eigenvalue weighted by Crippen LogP contribution is 2.16. The number of esters is 1. The first kappa shape index (κ1) is 16.7. The summed E-state index contributed by atoms with van der Waals surface area (Å²) in [5, 5.41) is 9.35. The first-order chi connectivity index (χ1) is 9.79. The third-order valence-corrected chi connectivity index (χ3v) is 3.41. The van der Waals surface area contributed by atoms with Gasteiger partial charge in [0.25, 0.3) is 0 Å². The molecule has 20 heavy (non-hydrogen) atoms. The Morgan fingerprint density at radius 1 is 1.10 bits per heavy atom. The molecule has 112 valence electrons. The topological polar surface area (TPSA) is 46.5 Å². The number of rotatable bonds is 10. The van der Waals surface area contributed by atoms with E-state index in [-0.39, 0.29) is 12.6 Å². The number of carbonyl (C=O) groups excluding carboxylic acids is 1. The second-order valence-electron chi connectivity index (χ2n) is 5.08. The number of benzene rings is 1. The van der Waals surface area contributed by atoms with E-state index in [1.165, 1.54) is 25.7 Å². The lowest BCUT2D eigenvalue weighted by Crippen LogP contribution is -2.19. The first-order valence-electron chi connectivity index (χ1n) is 7.62. The molecule has 1 aromatic rings. The van der Waals surface area contributed by atoms with Crippen LogP contribution in [0.5, 0.6) is 0 Å². The van der Waals surface area contributed by atoms with Crippen LogP contribution in [-0.4, -0.2) is 24.3 Å². The molecular formula is C17H26O3. The second kappa shape index (κ2) is 10.4. The van der Waals surface area contributed by atoms with E-state index in [0.29, 0.717) is 6.61 Å². The Bertz CT molecular complexity index is 362. The van der Waals surface area contributed by atoms with E-state index in [9.17, 15) is 9.90 Å². The van der Waals surface area contributed by atoms with Crippen molar-refractivity contribution >= 4 is 5.97 Å². The van der Waals surface area contributed by atoms with E-state index in [4.69, 9.17) is 4.74 Å². The van der Waals surface area contributed by atoms with Crippen LogP contribution in [-0.2, 0) is 9.53 Å². The molecule has 3 nitrogen and oxygen atoms in total. The minimum Gasteiger partial charge on any atom is -0.465 e. The molecule has 0 bridgehead atoms.